The minimum Gasteiger partial charge on any atom is -0.497 e. The van der Waals surface area contributed by atoms with Crippen molar-refractivity contribution in [3.63, 3.8) is 0 Å². The van der Waals surface area contributed by atoms with Crippen molar-refractivity contribution in [2.24, 2.45) is 0 Å². The predicted octanol–water partition coefficient (Wildman–Crippen LogP) is 3.57. The van der Waals surface area contributed by atoms with Crippen LogP contribution in [0.4, 0.5) is 0 Å². The van der Waals surface area contributed by atoms with Crippen molar-refractivity contribution in [3.8, 4) is 5.75 Å². The molecule has 2 aromatic rings. The molecule has 3 rings (SSSR count). The lowest BCUT2D eigenvalue weighted by molar-refractivity contribution is -0.131. The first-order valence-corrected chi connectivity index (χ1v) is 11.2. The number of hydrogen-bond donors (Lipinski definition) is 0. The third kappa shape index (κ3) is 4.38. The van der Waals surface area contributed by atoms with Crippen LogP contribution >= 0.6 is 0 Å². The smallest absolute Gasteiger partial charge is 0.223 e. The fourth-order valence-corrected chi connectivity index (χ4v) is 4.86. The van der Waals surface area contributed by atoms with Crippen molar-refractivity contribution < 1.29 is 17.9 Å². The highest BCUT2D eigenvalue weighted by Gasteiger charge is 2.23. The minimum absolute atomic E-state index is 0.0313. The maximum absolute atomic E-state index is 12.7. The van der Waals surface area contributed by atoms with Crippen LogP contribution in [0.15, 0.2) is 47.4 Å². The van der Waals surface area contributed by atoms with Gasteiger partial charge in [-0.15, -0.1) is 0 Å². The molecular formula is C22H27NO4S. The highest BCUT2D eigenvalue weighted by atomic mass is 32.2. The number of amides is 1. The molecule has 1 atom stereocenters. The van der Waals surface area contributed by atoms with E-state index in [0.29, 0.717) is 4.90 Å². The van der Waals surface area contributed by atoms with Gasteiger partial charge in [0, 0.05) is 13.5 Å². The van der Waals surface area contributed by atoms with Gasteiger partial charge in [0.05, 0.1) is 23.8 Å². The van der Waals surface area contributed by atoms with Crippen LogP contribution in [0.1, 0.15) is 42.5 Å². The van der Waals surface area contributed by atoms with E-state index in [4.69, 9.17) is 4.74 Å². The van der Waals surface area contributed by atoms with Gasteiger partial charge in [-0.1, -0.05) is 18.2 Å². The second-order valence-corrected chi connectivity index (χ2v) is 9.42. The van der Waals surface area contributed by atoms with Crippen molar-refractivity contribution in [2.45, 2.75) is 43.5 Å². The number of ether oxygens (including phenoxy) is 1. The Morgan fingerprint density at radius 1 is 1.11 bits per heavy atom. The van der Waals surface area contributed by atoms with Crippen LogP contribution in [0.2, 0.25) is 0 Å². The molecule has 1 aliphatic carbocycles. The molecule has 2 aromatic carbocycles. The van der Waals surface area contributed by atoms with E-state index in [1.807, 2.05) is 37.3 Å². The number of benzene rings is 2. The normalized spacial score (nSPS) is 14.4. The fraction of sp³-hybridized carbons (Fsp3) is 0.409. The van der Waals surface area contributed by atoms with E-state index in [1.165, 1.54) is 5.56 Å². The number of sulfone groups is 1. The van der Waals surface area contributed by atoms with E-state index in [9.17, 15) is 13.2 Å². The maximum Gasteiger partial charge on any atom is 0.223 e. The molecule has 1 amide bonds. The molecule has 0 radical (unpaired) electrons. The third-order valence-corrected chi connectivity index (χ3v) is 7.30. The Morgan fingerprint density at radius 3 is 2.46 bits per heavy atom. The van der Waals surface area contributed by atoms with E-state index in [0.717, 1.165) is 36.1 Å². The molecule has 0 saturated carbocycles. The van der Waals surface area contributed by atoms with Crippen molar-refractivity contribution in [1.29, 1.82) is 0 Å². The molecule has 0 bridgehead atoms. The van der Waals surface area contributed by atoms with Crippen molar-refractivity contribution >= 4 is 15.7 Å². The zero-order chi connectivity index (χ0) is 20.3. The standard InChI is InChI=1S/C22H27NO4S/c1-16(17-7-10-20(27-3)11-8-17)23(2)22(24)13-14-28(25,26)21-12-9-18-5-4-6-19(18)15-21/h7-12,15-16H,4-6,13-14H2,1-3H3. The predicted molar refractivity (Wildman–Crippen MR) is 109 cm³/mol. The second-order valence-electron chi connectivity index (χ2n) is 7.31. The molecular weight excluding hydrogens is 374 g/mol. The first kappa shape index (κ1) is 20.4. The van der Waals surface area contributed by atoms with Crippen molar-refractivity contribution in [3.05, 3.63) is 59.2 Å². The molecule has 0 fully saturated rings. The lowest BCUT2D eigenvalue weighted by atomic mass is 10.1. The molecule has 150 valence electrons. The number of nitrogens with zero attached hydrogens (tertiary/aromatic N) is 1. The quantitative estimate of drug-likeness (QED) is 0.712. The zero-order valence-electron chi connectivity index (χ0n) is 16.6. The Labute approximate surface area is 167 Å². The Morgan fingerprint density at radius 2 is 1.79 bits per heavy atom. The molecule has 0 N–H and O–H groups in total. The number of hydrogen-bond acceptors (Lipinski definition) is 4. The van der Waals surface area contributed by atoms with E-state index in [1.54, 1.807) is 31.2 Å². The molecule has 6 heteroatoms. The summed E-state index contributed by atoms with van der Waals surface area (Å²) in [7, 11) is -0.160. The number of fused-ring (bicyclic) bond motifs is 1. The summed E-state index contributed by atoms with van der Waals surface area (Å²) in [4.78, 5) is 14.5. The lowest BCUT2D eigenvalue weighted by Crippen LogP contribution is -2.31. The summed E-state index contributed by atoms with van der Waals surface area (Å²) in [6.07, 6.45) is 2.99. The molecule has 0 aromatic heterocycles. The molecule has 28 heavy (non-hydrogen) atoms. The molecule has 1 unspecified atom stereocenters. The average molecular weight is 402 g/mol. The summed E-state index contributed by atoms with van der Waals surface area (Å²) in [5, 5.41) is 0. The van der Waals surface area contributed by atoms with E-state index < -0.39 is 9.84 Å². The zero-order valence-corrected chi connectivity index (χ0v) is 17.5. The summed E-state index contributed by atoms with van der Waals surface area (Å²) >= 11 is 0. The fourth-order valence-electron chi connectivity index (χ4n) is 3.58. The Kier molecular flexibility index (Phi) is 6.08. The van der Waals surface area contributed by atoms with E-state index in [2.05, 4.69) is 0 Å². The summed E-state index contributed by atoms with van der Waals surface area (Å²) in [5.74, 6) is 0.392. The van der Waals surface area contributed by atoms with Gasteiger partial charge in [0.1, 0.15) is 5.75 Å². The number of methoxy groups -OCH3 is 1. The Hall–Kier alpha value is -2.34. The molecule has 5 nitrogen and oxygen atoms in total. The van der Waals surface area contributed by atoms with Gasteiger partial charge in [-0.05, 0) is 67.1 Å². The summed E-state index contributed by atoms with van der Waals surface area (Å²) in [6.45, 7) is 1.93. The SMILES string of the molecule is COc1ccc(C(C)N(C)C(=O)CCS(=O)(=O)c2ccc3c(c2)CCC3)cc1. The van der Waals surface area contributed by atoms with Crippen LogP contribution in [0.25, 0.3) is 0 Å². The molecule has 0 saturated heterocycles. The summed E-state index contributed by atoms with van der Waals surface area (Å²) in [5.41, 5.74) is 3.33. The lowest BCUT2D eigenvalue weighted by Gasteiger charge is -2.25. The second kappa shape index (κ2) is 8.35. The third-order valence-electron chi connectivity index (χ3n) is 5.59. The molecule has 0 aliphatic heterocycles. The van der Waals surface area contributed by atoms with Crippen LogP contribution < -0.4 is 4.74 Å². The van der Waals surface area contributed by atoms with Gasteiger partial charge >= 0.3 is 0 Å². The van der Waals surface area contributed by atoms with Crippen LogP contribution in [-0.2, 0) is 27.5 Å². The first-order chi connectivity index (χ1) is 13.3. The van der Waals surface area contributed by atoms with Gasteiger partial charge in [0.2, 0.25) is 5.91 Å². The number of aryl methyl sites for hydroxylation is 2. The van der Waals surface area contributed by atoms with Gasteiger partial charge in [-0.2, -0.15) is 0 Å². The average Bonchev–Trinajstić information content (AvgIpc) is 3.19. The molecule has 0 spiro atoms. The Balaban J connectivity index is 1.63. The van der Waals surface area contributed by atoms with Gasteiger partial charge in [0.15, 0.2) is 9.84 Å². The van der Waals surface area contributed by atoms with Crippen LogP contribution in [0, 0.1) is 0 Å². The monoisotopic (exact) mass is 401 g/mol. The van der Waals surface area contributed by atoms with Crippen LogP contribution in [-0.4, -0.2) is 39.1 Å². The van der Waals surface area contributed by atoms with Gasteiger partial charge < -0.3 is 9.64 Å². The maximum atomic E-state index is 12.7. The highest BCUT2D eigenvalue weighted by Crippen LogP contribution is 2.26. The van der Waals surface area contributed by atoms with E-state index >= 15 is 0 Å². The number of carbonyl (C=O) groups is 1. The van der Waals surface area contributed by atoms with Crippen molar-refractivity contribution in [1.82, 2.24) is 4.90 Å². The van der Waals surface area contributed by atoms with Gasteiger partial charge in [-0.3, -0.25) is 4.79 Å². The summed E-state index contributed by atoms with van der Waals surface area (Å²) in [6, 6.07) is 12.7. The minimum atomic E-state index is -3.47. The van der Waals surface area contributed by atoms with Crippen LogP contribution in [0.5, 0.6) is 5.75 Å². The highest BCUT2D eigenvalue weighted by molar-refractivity contribution is 7.91. The van der Waals surface area contributed by atoms with E-state index in [-0.39, 0.29) is 24.1 Å². The first-order valence-electron chi connectivity index (χ1n) is 9.56. The largest absolute Gasteiger partial charge is 0.497 e. The van der Waals surface area contributed by atoms with Crippen LogP contribution in [0.3, 0.4) is 0 Å². The van der Waals surface area contributed by atoms with Gasteiger partial charge in [0.25, 0.3) is 0 Å². The number of carbonyl (C=O) groups excluding carboxylic acids is 1. The van der Waals surface area contributed by atoms with Crippen molar-refractivity contribution in [2.75, 3.05) is 19.9 Å². The summed E-state index contributed by atoms with van der Waals surface area (Å²) < 4.78 is 30.5. The topological polar surface area (TPSA) is 63.7 Å². The molecule has 1 aliphatic rings. The molecule has 0 heterocycles. The number of rotatable bonds is 7. The Bertz CT molecular complexity index is 951. The van der Waals surface area contributed by atoms with Gasteiger partial charge in [-0.25, -0.2) is 8.42 Å².